The SMILES string of the molecule is CN=C(NCC(=O)NCc1ccc(OC)cc1)NCc1ccc(F)cc1C(F)(F)F.I. The van der Waals surface area contributed by atoms with Crippen molar-refractivity contribution in [3.63, 3.8) is 0 Å². The first-order chi connectivity index (χ1) is 14.2. The topological polar surface area (TPSA) is 74.8 Å². The number of amides is 1. The zero-order valence-electron chi connectivity index (χ0n) is 16.8. The number of rotatable bonds is 7. The lowest BCUT2D eigenvalue weighted by molar-refractivity contribution is -0.138. The lowest BCUT2D eigenvalue weighted by atomic mass is 10.1. The van der Waals surface area contributed by atoms with Crippen LogP contribution in [0.4, 0.5) is 17.6 Å². The minimum atomic E-state index is -4.68. The Morgan fingerprint density at radius 2 is 1.71 bits per heavy atom. The van der Waals surface area contributed by atoms with Crippen molar-refractivity contribution >= 4 is 35.8 Å². The molecule has 0 radical (unpaired) electrons. The first-order valence-corrected chi connectivity index (χ1v) is 8.92. The summed E-state index contributed by atoms with van der Waals surface area (Å²) in [6, 6.07) is 9.63. The standard InChI is InChI=1S/C20H22F4N4O2.HI/c1-25-19(27-11-14-5-6-15(21)9-17(14)20(22,23)24)28-12-18(29)26-10-13-3-7-16(30-2)8-4-13;/h3-9H,10-12H2,1-2H3,(H,26,29)(H2,25,27,28);1H. The van der Waals surface area contributed by atoms with E-state index in [4.69, 9.17) is 4.74 Å². The second-order valence-corrected chi connectivity index (χ2v) is 6.20. The molecular weight excluding hydrogens is 531 g/mol. The number of aliphatic imine (C=N–C) groups is 1. The summed E-state index contributed by atoms with van der Waals surface area (Å²) < 4.78 is 57.4. The molecule has 0 heterocycles. The Bertz CT molecular complexity index is 890. The highest BCUT2D eigenvalue weighted by molar-refractivity contribution is 14.0. The molecular formula is C20H23F4IN4O2. The van der Waals surface area contributed by atoms with E-state index in [0.717, 1.165) is 17.7 Å². The van der Waals surface area contributed by atoms with Crippen LogP contribution in [0.15, 0.2) is 47.5 Å². The van der Waals surface area contributed by atoms with Gasteiger partial charge in [0.2, 0.25) is 5.91 Å². The van der Waals surface area contributed by atoms with Crippen molar-refractivity contribution in [2.45, 2.75) is 19.3 Å². The summed E-state index contributed by atoms with van der Waals surface area (Å²) in [6.45, 7) is -0.0747. The number of halogens is 5. The molecule has 170 valence electrons. The molecule has 0 atom stereocenters. The quantitative estimate of drug-likeness (QED) is 0.212. The van der Waals surface area contributed by atoms with E-state index in [-0.39, 0.29) is 54.5 Å². The number of carbonyl (C=O) groups excluding carboxylic acids is 1. The highest BCUT2D eigenvalue weighted by Gasteiger charge is 2.33. The maximum atomic E-state index is 13.2. The van der Waals surface area contributed by atoms with E-state index in [1.165, 1.54) is 7.05 Å². The van der Waals surface area contributed by atoms with Crippen molar-refractivity contribution in [3.8, 4) is 5.75 Å². The largest absolute Gasteiger partial charge is 0.497 e. The molecule has 0 aliphatic carbocycles. The molecule has 0 bridgehead atoms. The molecule has 11 heteroatoms. The molecule has 1 amide bonds. The predicted octanol–water partition coefficient (Wildman–Crippen LogP) is 3.45. The molecule has 0 unspecified atom stereocenters. The van der Waals surface area contributed by atoms with E-state index in [2.05, 4.69) is 20.9 Å². The van der Waals surface area contributed by atoms with E-state index in [0.29, 0.717) is 18.4 Å². The average Bonchev–Trinajstić information content (AvgIpc) is 2.72. The first-order valence-electron chi connectivity index (χ1n) is 8.92. The highest BCUT2D eigenvalue weighted by Crippen LogP contribution is 2.32. The van der Waals surface area contributed by atoms with Crippen LogP contribution in [0.5, 0.6) is 5.75 Å². The third kappa shape index (κ3) is 8.59. The fourth-order valence-electron chi connectivity index (χ4n) is 2.54. The first kappa shape index (κ1) is 26.5. The third-order valence-electron chi connectivity index (χ3n) is 4.11. The van der Waals surface area contributed by atoms with Crippen molar-refractivity contribution in [3.05, 3.63) is 65.0 Å². The molecule has 0 aliphatic heterocycles. The van der Waals surface area contributed by atoms with Crippen molar-refractivity contribution < 1.29 is 27.1 Å². The van der Waals surface area contributed by atoms with Gasteiger partial charge in [0.05, 0.1) is 19.2 Å². The van der Waals surface area contributed by atoms with Gasteiger partial charge in [0, 0.05) is 20.1 Å². The Balaban J connectivity index is 0.00000480. The molecule has 2 aromatic carbocycles. The molecule has 0 saturated heterocycles. The average molecular weight is 554 g/mol. The van der Waals surface area contributed by atoms with Gasteiger partial charge in [-0.1, -0.05) is 18.2 Å². The third-order valence-corrected chi connectivity index (χ3v) is 4.11. The van der Waals surface area contributed by atoms with Crippen LogP contribution in [0.2, 0.25) is 0 Å². The fourth-order valence-corrected chi connectivity index (χ4v) is 2.54. The lowest BCUT2D eigenvalue weighted by Gasteiger charge is -2.16. The molecule has 0 fully saturated rings. The predicted molar refractivity (Wildman–Crippen MR) is 120 cm³/mol. The van der Waals surface area contributed by atoms with E-state index >= 15 is 0 Å². The van der Waals surface area contributed by atoms with Gasteiger partial charge in [-0.05, 0) is 35.4 Å². The Hall–Kier alpha value is -2.57. The van der Waals surface area contributed by atoms with Crippen molar-refractivity contribution in [1.29, 1.82) is 0 Å². The summed E-state index contributed by atoms with van der Waals surface area (Å²) in [5, 5.41) is 8.11. The molecule has 6 nitrogen and oxygen atoms in total. The normalized spacial score (nSPS) is 11.4. The van der Waals surface area contributed by atoms with E-state index in [1.807, 2.05) is 12.1 Å². The van der Waals surface area contributed by atoms with Gasteiger partial charge >= 0.3 is 6.18 Å². The number of hydrogen-bond donors (Lipinski definition) is 3. The van der Waals surface area contributed by atoms with Crippen LogP contribution in [0.3, 0.4) is 0 Å². The smallest absolute Gasteiger partial charge is 0.416 e. The molecule has 3 N–H and O–H groups in total. The summed E-state index contributed by atoms with van der Waals surface area (Å²) in [5.74, 6) is -0.461. The summed E-state index contributed by atoms with van der Waals surface area (Å²) >= 11 is 0. The maximum absolute atomic E-state index is 13.2. The van der Waals surface area contributed by atoms with Crippen molar-refractivity contribution in [2.24, 2.45) is 4.99 Å². The number of hydrogen-bond acceptors (Lipinski definition) is 3. The second kappa shape index (κ2) is 12.3. The van der Waals surface area contributed by atoms with Crippen LogP contribution >= 0.6 is 24.0 Å². The van der Waals surface area contributed by atoms with E-state index in [1.54, 1.807) is 19.2 Å². The zero-order valence-corrected chi connectivity index (χ0v) is 19.2. The monoisotopic (exact) mass is 554 g/mol. The van der Waals surface area contributed by atoms with E-state index < -0.39 is 17.6 Å². The number of ether oxygens (including phenoxy) is 1. The zero-order chi connectivity index (χ0) is 22.1. The summed E-state index contributed by atoms with van der Waals surface area (Å²) in [4.78, 5) is 15.9. The van der Waals surface area contributed by atoms with Gasteiger partial charge in [-0.3, -0.25) is 9.79 Å². The molecule has 2 rings (SSSR count). The van der Waals surface area contributed by atoms with E-state index in [9.17, 15) is 22.4 Å². The van der Waals surface area contributed by atoms with Crippen LogP contribution in [-0.4, -0.2) is 32.6 Å². The van der Waals surface area contributed by atoms with Crippen LogP contribution in [0.1, 0.15) is 16.7 Å². The van der Waals surface area contributed by atoms with Gasteiger partial charge < -0.3 is 20.7 Å². The molecule has 0 saturated carbocycles. The Morgan fingerprint density at radius 1 is 1.03 bits per heavy atom. The molecule has 2 aromatic rings. The van der Waals surface area contributed by atoms with Gasteiger partial charge in [0.1, 0.15) is 11.6 Å². The fraction of sp³-hybridized carbons (Fsp3) is 0.300. The number of nitrogens with one attached hydrogen (secondary N) is 3. The Kier molecular flexibility index (Phi) is 10.5. The molecule has 0 aromatic heterocycles. The number of carbonyl (C=O) groups is 1. The summed E-state index contributed by atoms with van der Waals surface area (Å²) in [5.41, 5.74) is -0.332. The minimum absolute atomic E-state index is 0. The van der Waals surface area contributed by atoms with Crippen LogP contribution in [-0.2, 0) is 24.1 Å². The van der Waals surface area contributed by atoms with Crippen molar-refractivity contribution in [1.82, 2.24) is 16.0 Å². The molecule has 0 spiro atoms. The van der Waals surface area contributed by atoms with Crippen LogP contribution < -0.4 is 20.7 Å². The molecule has 0 aliphatic rings. The number of benzene rings is 2. The van der Waals surface area contributed by atoms with Gasteiger partial charge in [-0.25, -0.2) is 4.39 Å². The number of guanidine groups is 1. The molecule has 31 heavy (non-hydrogen) atoms. The summed E-state index contributed by atoms with van der Waals surface area (Å²) in [6.07, 6.45) is -4.68. The number of nitrogens with zero attached hydrogens (tertiary/aromatic N) is 1. The minimum Gasteiger partial charge on any atom is -0.497 e. The summed E-state index contributed by atoms with van der Waals surface area (Å²) in [7, 11) is 2.98. The lowest BCUT2D eigenvalue weighted by Crippen LogP contribution is -2.42. The Labute approximate surface area is 194 Å². The highest BCUT2D eigenvalue weighted by atomic mass is 127. The number of methoxy groups -OCH3 is 1. The van der Waals surface area contributed by atoms with Gasteiger partial charge in [-0.2, -0.15) is 13.2 Å². The van der Waals surface area contributed by atoms with Crippen LogP contribution in [0, 0.1) is 5.82 Å². The Morgan fingerprint density at radius 3 is 2.29 bits per heavy atom. The van der Waals surface area contributed by atoms with Gasteiger partial charge in [0.15, 0.2) is 5.96 Å². The van der Waals surface area contributed by atoms with Gasteiger partial charge in [0.25, 0.3) is 0 Å². The second-order valence-electron chi connectivity index (χ2n) is 6.20. The maximum Gasteiger partial charge on any atom is 0.416 e. The van der Waals surface area contributed by atoms with Gasteiger partial charge in [-0.15, -0.1) is 24.0 Å². The number of alkyl halides is 3. The van der Waals surface area contributed by atoms with Crippen LogP contribution in [0.25, 0.3) is 0 Å². The van der Waals surface area contributed by atoms with Crippen molar-refractivity contribution in [2.75, 3.05) is 20.7 Å².